The van der Waals surface area contributed by atoms with Crippen LogP contribution in [0, 0.1) is 0 Å². The van der Waals surface area contributed by atoms with Crippen molar-refractivity contribution in [3.8, 4) is 0 Å². The van der Waals surface area contributed by atoms with E-state index < -0.39 is 58.4 Å². The summed E-state index contributed by atoms with van der Waals surface area (Å²) < 4.78 is 32.3. The number of hydrogen-bond donors (Lipinski definition) is 3. The number of esters is 2. The SMILES string of the molecule is CC/C=C\C/C=C\C/C=C\C/C=C\CCC(=O)OC(CO)COP(=O)(O)OCC(CO)OC(=O)CCCCCCCCCCCCCCCC. The maximum Gasteiger partial charge on any atom is 0.472 e. The van der Waals surface area contributed by atoms with Crippen LogP contribution in [0.2, 0.25) is 0 Å². The van der Waals surface area contributed by atoms with Gasteiger partial charge in [0.05, 0.1) is 26.4 Å². The lowest BCUT2D eigenvalue weighted by Crippen LogP contribution is -2.28. The minimum atomic E-state index is -4.65. The highest BCUT2D eigenvalue weighted by atomic mass is 31.2. The van der Waals surface area contributed by atoms with Crippen LogP contribution in [0.15, 0.2) is 48.6 Å². The highest BCUT2D eigenvalue weighted by Gasteiger charge is 2.27. The van der Waals surface area contributed by atoms with E-state index in [2.05, 4.69) is 44.2 Å². The Bertz CT molecular complexity index is 978. The number of ether oxygens (including phenoxy) is 2. The first kappa shape index (κ1) is 47.9. The lowest BCUT2D eigenvalue weighted by atomic mass is 10.0. The van der Waals surface area contributed by atoms with Crippen LogP contribution in [0.1, 0.15) is 149 Å². The third kappa shape index (κ3) is 33.1. The fraction of sp³-hybridized carbons (Fsp3) is 0.744. The normalized spacial score (nSPS) is 14.6. The molecule has 0 bridgehead atoms. The average Bonchev–Trinajstić information content (AvgIpc) is 3.10. The molecule has 0 heterocycles. The van der Waals surface area contributed by atoms with Gasteiger partial charge in [-0.15, -0.1) is 0 Å². The second-order valence-corrected chi connectivity index (χ2v) is 14.0. The Labute approximate surface area is 303 Å². The number of allylic oxidation sites excluding steroid dienone is 8. The topological polar surface area (TPSA) is 149 Å². The van der Waals surface area contributed by atoms with Crippen LogP contribution in [0.3, 0.4) is 0 Å². The van der Waals surface area contributed by atoms with E-state index in [0.29, 0.717) is 12.8 Å². The summed E-state index contributed by atoms with van der Waals surface area (Å²) >= 11 is 0. The first-order chi connectivity index (χ1) is 24.3. The molecule has 0 radical (unpaired) electrons. The van der Waals surface area contributed by atoms with Gasteiger partial charge in [0.25, 0.3) is 0 Å². The molecule has 0 aliphatic heterocycles. The Balaban J connectivity index is 4.06. The van der Waals surface area contributed by atoms with Gasteiger partial charge in [0, 0.05) is 12.8 Å². The Kier molecular flexibility index (Phi) is 33.9. The maximum absolute atomic E-state index is 12.3. The van der Waals surface area contributed by atoms with Gasteiger partial charge in [-0.25, -0.2) is 4.57 Å². The van der Waals surface area contributed by atoms with Crippen molar-refractivity contribution in [3.05, 3.63) is 48.6 Å². The lowest BCUT2D eigenvalue weighted by molar-refractivity contribution is -0.153. The van der Waals surface area contributed by atoms with Crippen molar-refractivity contribution in [1.29, 1.82) is 0 Å². The van der Waals surface area contributed by atoms with E-state index in [1.165, 1.54) is 64.2 Å². The van der Waals surface area contributed by atoms with E-state index in [-0.39, 0.29) is 12.8 Å². The molecule has 0 spiro atoms. The molecule has 11 heteroatoms. The van der Waals surface area contributed by atoms with Crippen molar-refractivity contribution in [3.63, 3.8) is 0 Å². The van der Waals surface area contributed by atoms with E-state index >= 15 is 0 Å². The summed E-state index contributed by atoms with van der Waals surface area (Å²) in [5.74, 6) is -1.10. The lowest BCUT2D eigenvalue weighted by Gasteiger charge is -2.20. The largest absolute Gasteiger partial charge is 0.472 e. The summed E-state index contributed by atoms with van der Waals surface area (Å²) in [5.41, 5.74) is 0. The monoisotopic (exact) mass is 728 g/mol. The summed E-state index contributed by atoms with van der Waals surface area (Å²) in [7, 11) is -4.65. The Hall–Kier alpha value is -2.07. The second kappa shape index (κ2) is 35.3. The number of rotatable bonds is 35. The van der Waals surface area contributed by atoms with Crippen LogP contribution in [-0.4, -0.2) is 65.7 Å². The fourth-order valence-corrected chi connectivity index (χ4v) is 5.68. The minimum absolute atomic E-state index is 0.0704. The zero-order chi connectivity index (χ0) is 37.0. The number of hydrogen-bond acceptors (Lipinski definition) is 9. The number of aliphatic hydroxyl groups is 2. The molecule has 0 saturated heterocycles. The van der Waals surface area contributed by atoms with Gasteiger partial charge in [-0.2, -0.15) is 0 Å². The Morgan fingerprint density at radius 1 is 0.560 bits per heavy atom. The van der Waals surface area contributed by atoms with Gasteiger partial charge in [0.2, 0.25) is 0 Å². The second-order valence-electron chi connectivity index (χ2n) is 12.5. The van der Waals surface area contributed by atoms with Gasteiger partial charge in [-0.05, 0) is 38.5 Å². The summed E-state index contributed by atoms with van der Waals surface area (Å²) in [6.07, 6.45) is 35.4. The number of aliphatic hydroxyl groups excluding tert-OH is 2. The molecule has 0 aliphatic rings. The van der Waals surface area contributed by atoms with Crippen molar-refractivity contribution in [1.82, 2.24) is 0 Å². The van der Waals surface area contributed by atoms with Gasteiger partial charge >= 0.3 is 19.8 Å². The molecule has 3 atom stereocenters. The van der Waals surface area contributed by atoms with Crippen molar-refractivity contribution in [2.24, 2.45) is 0 Å². The fourth-order valence-electron chi connectivity index (χ4n) is 4.89. The summed E-state index contributed by atoms with van der Waals surface area (Å²) in [6.45, 7) is 1.99. The van der Waals surface area contributed by atoms with E-state index in [0.717, 1.165) is 44.9 Å². The highest BCUT2D eigenvalue weighted by molar-refractivity contribution is 7.47. The maximum atomic E-state index is 12.3. The quantitative estimate of drug-likeness (QED) is 0.0249. The standard InChI is InChI=1S/C39H69O10P/c1-3-5-7-9-11-13-15-17-19-21-23-25-27-29-31-39(43)49-37(33-41)35-47-50(44,45)46-34-36(32-40)48-38(42)30-28-26-24-22-20-18-16-14-12-10-8-6-4-2/h6,8,12,14,18,20,24,26,36-37,40-41H,3-5,7,9-11,13,15-17,19,21-23,25,27-35H2,1-2H3,(H,44,45)/b8-6-,14-12-,20-18-,26-24-. The molecule has 3 N–H and O–H groups in total. The average molecular weight is 729 g/mol. The zero-order valence-electron chi connectivity index (χ0n) is 31.1. The predicted octanol–water partition coefficient (Wildman–Crippen LogP) is 9.38. The van der Waals surface area contributed by atoms with E-state index in [1.807, 2.05) is 18.2 Å². The van der Waals surface area contributed by atoms with Gasteiger partial charge in [-0.1, -0.05) is 146 Å². The molecule has 0 rings (SSSR count). The third-order valence-corrected chi connectivity index (χ3v) is 8.77. The summed E-state index contributed by atoms with van der Waals surface area (Å²) in [6, 6.07) is 0. The molecular formula is C39H69O10P. The van der Waals surface area contributed by atoms with Crippen LogP contribution in [0.5, 0.6) is 0 Å². The Morgan fingerprint density at radius 3 is 1.36 bits per heavy atom. The number of phosphoric acid groups is 1. The molecule has 0 aromatic carbocycles. The third-order valence-electron chi connectivity index (χ3n) is 7.82. The summed E-state index contributed by atoms with van der Waals surface area (Å²) in [4.78, 5) is 34.3. The molecule has 10 nitrogen and oxygen atoms in total. The molecule has 0 aliphatic carbocycles. The van der Waals surface area contributed by atoms with Crippen LogP contribution in [0.25, 0.3) is 0 Å². The van der Waals surface area contributed by atoms with Crippen LogP contribution in [-0.2, 0) is 32.7 Å². The number of unbranched alkanes of at least 4 members (excludes halogenated alkanes) is 13. The van der Waals surface area contributed by atoms with Crippen molar-refractivity contribution < 1.29 is 47.8 Å². The molecular weight excluding hydrogens is 659 g/mol. The smallest absolute Gasteiger partial charge is 0.457 e. The van der Waals surface area contributed by atoms with Gasteiger partial charge in [0.1, 0.15) is 12.2 Å². The van der Waals surface area contributed by atoms with Crippen LogP contribution in [0.4, 0.5) is 0 Å². The molecule has 3 unspecified atom stereocenters. The zero-order valence-corrected chi connectivity index (χ0v) is 32.0. The van der Waals surface area contributed by atoms with E-state index in [1.54, 1.807) is 0 Å². The molecule has 0 aromatic rings. The molecule has 50 heavy (non-hydrogen) atoms. The first-order valence-electron chi connectivity index (χ1n) is 19.1. The highest BCUT2D eigenvalue weighted by Crippen LogP contribution is 2.43. The first-order valence-corrected chi connectivity index (χ1v) is 20.6. The number of carbonyl (C=O) groups excluding carboxylic acids is 2. The van der Waals surface area contributed by atoms with Crippen molar-refractivity contribution in [2.75, 3.05) is 26.4 Å². The summed E-state index contributed by atoms with van der Waals surface area (Å²) in [5, 5.41) is 19.1. The van der Waals surface area contributed by atoms with Crippen molar-refractivity contribution >= 4 is 19.8 Å². The predicted molar refractivity (Wildman–Crippen MR) is 201 cm³/mol. The van der Waals surface area contributed by atoms with Crippen LogP contribution < -0.4 is 0 Å². The molecule has 0 amide bonds. The number of phosphoric ester groups is 1. The molecule has 290 valence electrons. The van der Waals surface area contributed by atoms with Gasteiger partial charge < -0.3 is 24.6 Å². The molecule has 0 saturated carbocycles. The van der Waals surface area contributed by atoms with Crippen molar-refractivity contribution in [2.45, 2.75) is 161 Å². The minimum Gasteiger partial charge on any atom is -0.457 e. The van der Waals surface area contributed by atoms with Gasteiger partial charge in [-0.3, -0.25) is 18.6 Å². The Morgan fingerprint density at radius 2 is 0.940 bits per heavy atom. The number of carbonyl (C=O) groups is 2. The van der Waals surface area contributed by atoms with E-state index in [4.69, 9.17) is 18.5 Å². The van der Waals surface area contributed by atoms with Gasteiger partial charge in [0.15, 0.2) is 0 Å². The molecule has 0 fully saturated rings. The van der Waals surface area contributed by atoms with Crippen LogP contribution >= 0.6 is 7.82 Å². The molecule has 0 aromatic heterocycles. The van der Waals surface area contributed by atoms with E-state index in [9.17, 15) is 29.3 Å².